The fourth-order valence-electron chi connectivity index (χ4n) is 2.34. The number of nitrogen functional groups attached to an aromatic ring is 1. The number of fused-ring (bicyclic) bond motifs is 1. The van der Waals surface area contributed by atoms with Gasteiger partial charge in [0.25, 0.3) is 5.56 Å². The van der Waals surface area contributed by atoms with Gasteiger partial charge in [0, 0.05) is 6.54 Å². The molecule has 0 amide bonds. The Bertz CT molecular complexity index is 862. The van der Waals surface area contributed by atoms with Crippen molar-refractivity contribution in [1.29, 1.82) is 0 Å². The van der Waals surface area contributed by atoms with Gasteiger partial charge in [-0.1, -0.05) is 18.2 Å². The number of aromatic nitrogens is 4. The first-order valence-corrected chi connectivity index (χ1v) is 6.81. The Balaban J connectivity index is 1.88. The highest BCUT2D eigenvalue weighted by atomic mass is 16.1. The monoisotopic (exact) mass is 283 g/mol. The molecule has 0 fully saturated rings. The van der Waals surface area contributed by atoms with Crippen LogP contribution in [0.2, 0.25) is 0 Å². The molecular formula is C15H17N5O. The highest BCUT2D eigenvalue weighted by Crippen LogP contribution is 2.12. The summed E-state index contributed by atoms with van der Waals surface area (Å²) in [4.78, 5) is 22.4. The third-order valence-corrected chi connectivity index (χ3v) is 3.71. The molecule has 0 atom stereocenters. The van der Waals surface area contributed by atoms with E-state index in [1.807, 2.05) is 4.57 Å². The standard InChI is InChI=1S/C15H17N5O/c1-9-3-4-11(7-10(9)2)5-6-20-8-17-12-13(20)18-15(16)19-14(12)21/h3-4,7-8H,5-6H2,1-2H3,(H3,16,18,19,21). The maximum atomic E-state index is 11.7. The first-order valence-electron chi connectivity index (χ1n) is 6.81. The molecule has 21 heavy (non-hydrogen) atoms. The molecule has 0 unspecified atom stereocenters. The quantitative estimate of drug-likeness (QED) is 0.763. The summed E-state index contributed by atoms with van der Waals surface area (Å²) in [5.74, 6) is 0.112. The molecule has 0 saturated heterocycles. The van der Waals surface area contributed by atoms with Crippen LogP contribution in [0.15, 0.2) is 29.3 Å². The topological polar surface area (TPSA) is 89.6 Å². The first-order chi connectivity index (χ1) is 10.0. The molecule has 6 heteroatoms. The van der Waals surface area contributed by atoms with Gasteiger partial charge < -0.3 is 10.3 Å². The third-order valence-electron chi connectivity index (χ3n) is 3.71. The zero-order valence-corrected chi connectivity index (χ0v) is 12.1. The molecule has 0 aliphatic rings. The van der Waals surface area contributed by atoms with E-state index in [0.29, 0.717) is 17.7 Å². The number of rotatable bonds is 3. The Labute approximate surface area is 121 Å². The van der Waals surface area contributed by atoms with Crippen molar-refractivity contribution in [2.45, 2.75) is 26.8 Å². The van der Waals surface area contributed by atoms with Gasteiger partial charge in [0.1, 0.15) is 0 Å². The number of anilines is 1. The molecule has 0 saturated carbocycles. The number of nitrogens with two attached hydrogens (primary N) is 1. The lowest BCUT2D eigenvalue weighted by molar-refractivity contribution is 0.709. The lowest BCUT2D eigenvalue weighted by Crippen LogP contribution is -2.12. The van der Waals surface area contributed by atoms with Gasteiger partial charge in [-0.25, -0.2) is 4.98 Å². The van der Waals surface area contributed by atoms with E-state index in [9.17, 15) is 4.79 Å². The van der Waals surface area contributed by atoms with Crippen LogP contribution in [0.5, 0.6) is 0 Å². The number of benzene rings is 1. The van der Waals surface area contributed by atoms with Crippen molar-refractivity contribution in [2.24, 2.45) is 0 Å². The van der Waals surface area contributed by atoms with E-state index < -0.39 is 0 Å². The van der Waals surface area contributed by atoms with Crippen LogP contribution in [0, 0.1) is 13.8 Å². The Morgan fingerprint density at radius 1 is 1.29 bits per heavy atom. The van der Waals surface area contributed by atoms with Crippen molar-refractivity contribution in [3.8, 4) is 0 Å². The summed E-state index contributed by atoms with van der Waals surface area (Å²) in [7, 11) is 0. The molecule has 3 aromatic rings. The minimum Gasteiger partial charge on any atom is -0.369 e. The lowest BCUT2D eigenvalue weighted by Gasteiger charge is -2.07. The third kappa shape index (κ3) is 2.52. The second-order valence-electron chi connectivity index (χ2n) is 5.23. The van der Waals surface area contributed by atoms with E-state index in [2.05, 4.69) is 47.0 Å². The lowest BCUT2D eigenvalue weighted by atomic mass is 10.0. The largest absolute Gasteiger partial charge is 0.369 e. The maximum absolute atomic E-state index is 11.7. The van der Waals surface area contributed by atoms with Crippen LogP contribution in [0.4, 0.5) is 5.95 Å². The summed E-state index contributed by atoms with van der Waals surface area (Å²) in [6.45, 7) is 4.91. The zero-order valence-electron chi connectivity index (χ0n) is 12.1. The molecule has 108 valence electrons. The molecule has 0 spiro atoms. The summed E-state index contributed by atoms with van der Waals surface area (Å²) in [6, 6.07) is 6.43. The number of hydrogen-bond donors (Lipinski definition) is 2. The van der Waals surface area contributed by atoms with Crippen molar-refractivity contribution in [3.05, 3.63) is 51.6 Å². The van der Waals surface area contributed by atoms with Gasteiger partial charge >= 0.3 is 0 Å². The normalized spacial score (nSPS) is 11.1. The van der Waals surface area contributed by atoms with Crippen LogP contribution in [0.1, 0.15) is 16.7 Å². The SMILES string of the molecule is Cc1ccc(CCn2cnc3c(=O)[nH]c(N)nc32)cc1C. The average Bonchev–Trinajstić information content (AvgIpc) is 2.83. The first kappa shape index (κ1) is 13.4. The highest BCUT2D eigenvalue weighted by molar-refractivity contribution is 5.70. The van der Waals surface area contributed by atoms with Crippen molar-refractivity contribution >= 4 is 17.1 Å². The second kappa shape index (κ2) is 5.05. The molecular weight excluding hydrogens is 266 g/mol. The van der Waals surface area contributed by atoms with Gasteiger partial charge in [0.2, 0.25) is 5.95 Å². The minimum atomic E-state index is -0.303. The van der Waals surface area contributed by atoms with Crippen molar-refractivity contribution < 1.29 is 0 Å². The number of aromatic amines is 1. The maximum Gasteiger partial charge on any atom is 0.280 e. The van der Waals surface area contributed by atoms with Gasteiger partial charge in [-0.05, 0) is 37.0 Å². The molecule has 3 N–H and O–H groups in total. The Hall–Kier alpha value is -2.63. The highest BCUT2D eigenvalue weighted by Gasteiger charge is 2.09. The molecule has 0 aliphatic heterocycles. The summed E-state index contributed by atoms with van der Waals surface area (Å²) in [5, 5.41) is 0. The van der Waals surface area contributed by atoms with Gasteiger partial charge in [0.15, 0.2) is 11.2 Å². The van der Waals surface area contributed by atoms with Gasteiger partial charge in [-0.15, -0.1) is 0 Å². The molecule has 0 radical (unpaired) electrons. The van der Waals surface area contributed by atoms with E-state index in [-0.39, 0.29) is 11.5 Å². The smallest absolute Gasteiger partial charge is 0.280 e. The van der Waals surface area contributed by atoms with Gasteiger partial charge in [0.05, 0.1) is 6.33 Å². The predicted molar refractivity (Wildman–Crippen MR) is 82.2 cm³/mol. The Morgan fingerprint density at radius 2 is 2.10 bits per heavy atom. The van der Waals surface area contributed by atoms with Crippen LogP contribution in [0.3, 0.4) is 0 Å². The van der Waals surface area contributed by atoms with Crippen LogP contribution in [-0.4, -0.2) is 19.5 Å². The van der Waals surface area contributed by atoms with E-state index in [4.69, 9.17) is 5.73 Å². The molecule has 3 rings (SSSR count). The molecule has 0 bridgehead atoms. The Kier molecular flexibility index (Phi) is 3.21. The molecule has 2 aromatic heterocycles. The molecule has 0 aliphatic carbocycles. The van der Waals surface area contributed by atoms with E-state index in [1.54, 1.807) is 6.33 Å². The number of aryl methyl sites for hydroxylation is 4. The van der Waals surface area contributed by atoms with Crippen LogP contribution < -0.4 is 11.3 Å². The van der Waals surface area contributed by atoms with E-state index in [1.165, 1.54) is 16.7 Å². The predicted octanol–water partition coefficient (Wildman–Crippen LogP) is 1.56. The molecule has 1 aromatic carbocycles. The van der Waals surface area contributed by atoms with Gasteiger partial charge in [-0.3, -0.25) is 9.78 Å². The summed E-state index contributed by atoms with van der Waals surface area (Å²) in [6.07, 6.45) is 2.48. The number of H-pyrrole nitrogens is 1. The summed E-state index contributed by atoms with van der Waals surface area (Å²) in [5.41, 5.74) is 9.95. The fraction of sp³-hybridized carbons (Fsp3) is 0.267. The molecule has 6 nitrogen and oxygen atoms in total. The van der Waals surface area contributed by atoms with Crippen molar-refractivity contribution in [2.75, 3.05) is 5.73 Å². The minimum absolute atomic E-state index is 0.112. The molecule has 2 heterocycles. The van der Waals surface area contributed by atoms with Crippen molar-refractivity contribution in [3.63, 3.8) is 0 Å². The Morgan fingerprint density at radius 3 is 2.86 bits per heavy atom. The number of nitrogens with zero attached hydrogens (tertiary/aromatic N) is 3. The number of nitrogens with one attached hydrogen (secondary N) is 1. The van der Waals surface area contributed by atoms with Gasteiger partial charge in [-0.2, -0.15) is 4.98 Å². The summed E-state index contributed by atoms with van der Waals surface area (Å²) >= 11 is 0. The van der Waals surface area contributed by atoms with Crippen LogP contribution >= 0.6 is 0 Å². The number of imidazole rings is 1. The van der Waals surface area contributed by atoms with Crippen LogP contribution in [0.25, 0.3) is 11.2 Å². The van der Waals surface area contributed by atoms with Crippen molar-refractivity contribution in [1.82, 2.24) is 19.5 Å². The van der Waals surface area contributed by atoms with E-state index in [0.717, 1.165) is 6.42 Å². The average molecular weight is 283 g/mol. The fourth-order valence-corrected chi connectivity index (χ4v) is 2.34. The van der Waals surface area contributed by atoms with Crippen LogP contribution in [-0.2, 0) is 13.0 Å². The number of hydrogen-bond acceptors (Lipinski definition) is 4. The summed E-state index contributed by atoms with van der Waals surface area (Å²) < 4.78 is 1.86. The van der Waals surface area contributed by atoms with E-state index >= 15 is 0 Å². The second-order valence-corrected chi connectivity index (χ2v) is 5.23. The zero-order chi connectivity index (χ0) is 15.0.